The lowest BCUT2D eigenvalue weighted by atomic mass is 10.0. The summed E-state index contributed by atoms with van der Waals surface area (Å²) in [6, 6.07) is 0. The van der Waals surface area contributed by atoms with Crippen LogP contribution in [0.15, 0.2) is 0 Å². The van der Waals surface area contributed by atoms with Gasteiger partial charge in [0.25, 0.3) is 0 Å². The van der Waals surface area contributed by atoms with Crippen LogP contribution >= 0.6 is 11.8 Å². The molecule has 0 spiro atoms. The van der Waals surface area contributed by atoms with Crippen LogP contribution in [0.4, 0.5) is 5.82 Å². The molecule has 0 amide bonds. The van der Waals surface area contributed by atoms with E-state index < -0.39 is 0 Å². The van der Waals surface area contributed by atoms with E-state index in [1.807, 2.05) is 18.8 Å². The van der Waals surface area contributed by atoms with E-state index in [0.29, 0.717) is 5.92 Å². The predicted octanol–water partition coefficient (Wildman–Crippen LogP) is 3.20. The van der Waals surface area contributed by atoms with Gasteiger partial charge in [0.15, 0.2) is 0 Å². The Morgan fingerprint density at radius 2 is 2.00 bits per heavy atom. The van der Waals surface area contributed by atoms with E-state index in [-0.39, 0.29) is 0 Å². The van der Waals surface area contributed by atoms with Gasteiger partial charge < -0.3 is 5.32 Å². The van der Waals surface area contributed by atoms with Crippen LogP contribution in [0, 0.1) is 6.92 Å². The number of thioether (sulfide) groups is 1. The number of nitrogens with zero attached hydrogens (tertiary/aromatic N) is 2. The third-order valence-corrected chi connectivity index (χ3v) is 3.30. The molecule has 0 aliphatic carbocycles. The average molecular weight is 239 g/mol. The molecule has 0 saturated carbocycles. The van der Waals surface area contributed by atoms with Gasteiger partial charge in [0.2, 0.25) is 0 Å². The zero-order valence-corrected chi connectivity index (χ0v) is 11.6. The second-order valence-corrected chi connectivity index (χ2v) is 5.30. The maximum Gasteiger partial charge on any atom is 0.140 e. The Bertz CT molecular complexity index is 350. The molecule has 90 valence electrons. The fraction of sp³-hybridized carbons (Fsp3) is 0.667. The molecule has 0 fully saturated rings. The summed E-state index contributed by atoms with van der Waals surface area (Å²) < 4.78 is 0. The lowest BCUT2D eigenvalue weighted by Gasteiger charge is -2.15. The second kappa shape index (κ2) is 6.09. The monoisotopic (exact) mass is 239 g/mol. The van der Waals surface area contributed by atoms with E-state index in [2.05, 4.69) is 43.0 Å². The van der Waals surface area contributed by atoms with Crippen molar-refractivity contribution >= 4 is 17.6 Å². The Hall–Kier alpha value is -0.770. The molecule has 1 heterocycles. The molecule has 0 aliphatic rings. The van der Waals surface area contributed by atoms with Gasteiger partial charge >= 0.3 is 0 Å². The first-order chi connectivity index (χ1) is 7.60. The molecule has 16 heavy (non-hydrogen) atoms. The van der Waals surface area contributed by atoms with Crippen molar-refractivity contribution < 1.29 is 0 Å². The van der Waals surface area contributed by atoms with Crippen molar-refractivity contribution in [2.24, 2.45) is 0 Å². The van der Waals surface area contributed by atoms with Gasteiger partial charge in [-0.2, -0.15) is 11.8 Å². The minimum absolute atomic E-state index is 0.454. The van der Waals surface area contributed by atoms with Gasteiger partial charge in [-0.15, -0.1) is 0 Å². The fourth-order valence-corrected chi connectivity index (χ4v) is 2.29. The van der Waals surface area contributed by atoms with Crippen LogP contribution in [0.5, 0.6) is 0 Å². The Kier molecular flexibility index (Phi) is 5.06. The summed E-state index contributed by atoms with van der Waals surface area (Å²) >= 11 is 1.85. The molecular formula is C12H21N3S. The number of hydrogen-bond acceptors (Lipinski definition) is 4. The second-order valence-electron chi connectivity index (χ2n) is 4.03. The topological polar surface area (TPSA) is 37.8 Å². The van der Waals surface area contributed by atoms with Crippen LogP contribution in [0.3, 0.4) is 0 Å². The molecule has 1 aromatic heterocycles. The molecule has 0 saturated heterocycles. The number of rotatable bonds is 5. The largest absolute Gasteiger partial charge is 0.373 e. The molecule has 1 aromatic rings. The van der Waals surface area contributed by atoms with E-state index in [9.17, 15) is 0 Å². The highest BCUT2D eigenvalue weighted by atomic mass is 32.2. The van der Waals surface area contributed by atoms with Crippen molar-refractivity contribution in [2.75, 3.05) is 18.1 Å². The van der Waals surface area contributed by atoms with E-state index in [1.54, 1.807) is 0 Å². The highest BCUT2D eigenvalue weighted by Gasteiger charge is 2.13. The van der Waals surface area contributed by atoms with Crippen molar-refractivity contribution in [3.63, 3.8) is 0 Å². The highest BCUT2D eigenvalue weighted by Crippen LogP contribution is 2.25. The Morgan fingerprint density at radius 3 is 2.50 bits per heavy atom. The van der Waals surface area contributed by atoms with Crippen molar-refractivity contribution in [3.05, 3.63) is 17.1 Å². The zero-order chi connectivity index (χ0) is 12.1. The van der Waals surface area contributed by atoms with Gasteiger partial charge in [0, 0.05) is 18.3 Å². The number of hydrogen-bond donors (Lipinski definition) is 1. The summed E-state index contributed by atoms with van der Waals surface area (Å²) in [5, 5.41) is 3.17. The Morgan fingerprint density at radius 1 is 1.31 bits per heavy atom. The summed E-state index contributed by atoms with van der Waals surface area (Å²) in [6.45, 7) is 8.57. The van der Waals surface area contributed by atoms with Gasteiger partial charge in [0.05, 0.1) is 5.75 Å². The third-order valence-electron chi connectivity index (χ3n) is 2.43. The molecule has 1 N–H and O–H groups in total. The van der Waals surface area contributed by atoms with Crippen molar-refractivity contribution in [1.29, 1.82) is 0 Å². The highest BCUT2D eigenvalue weighted by molar-refractivity contribution is 7.98. The summed E-state index contributed by atoms with van der Waals surface area (Å²) in [7, 11) is 1.92. The molecule has 0 unspecified atom stereocenters. The molecule has 0 bridgehead atoms. The number of nitrogens with one attached hydrogen (secondary N) is 1. The summed E-state index contributed by atoms with van der Waals surface area (Å²) in [4.78, 5) is 9.14. The first-order valence-electron chi connectivity index (χ1n) is 5.73. The molecule has 0 radical (unpaired) electrons. The SMILES string of the molecule is CCSCc1nc(C)c(C(C)C)c(NC)n1. The fourth-order valence-electron chi connectivity index (χ4n) is 1.78. The lowest BCUT2D eigenvalue weighted by molar-refractivity contribution is 0.821. The predicted molar refractivity (Wildman–Crippen MR) is 72.2 cm³/mol. The van der Waals surface area contributed by atoms with Gasteiger partial charge in [0.1, 0.15) is 11.6 Å². The summed E-state index contributed by atoms with van der Waals surface area (Å²) in [6.07, 6.45) is 0. The van der Waals surface area contributed by atoms with E-state index in [0.717, 1.165) is 28.8 Å². The van der Waals surface area contributed by atoms with E-state index >= 15 is 0 Å². The van der Waals surface area contributed by atoms with E-state index in [4.69, 9.17) is 0 Å². The van der Waals surface area contributed by atoms with Crippen molar-refractivity contribution in [2.45, 2.75) is 39.4 Å². The van der Waals surface area contributed by atoms with Crippen LogP contribution in [0.2, 0.25) is 0 Å². The first-order valence-corrected chi connectivity index (χ1v) is 6.88. The molecule has 0 atom stereocenters. The number of aryl methyl sites for hydroxylation is 1. The number of anilines is 1. The molecular weight excluding hydrogens is 218 g/mol. The van der Waals surface area contributed by atoms with Gasteiger partial charge in [-0.05, 0) is 18.6 Å². The molecule has 3 nitrogen and oxygen atoms in total. The smallest absolute Gasteiger partial charge is 0.140 e. The van der Waals surface area contributed by atoms with Crippen LogP contribution in [-0.2, 0) is 5.75 Å². The van der Waals surface area contributed by atoms with E-state index in [1.165, 1.54) is 5.56 Å². The summed E-state index contributed by atoms with van der Waals surface area (Å²) in [5.41, 5.74) is 2.33. The van der Waals surface area contributed by atoms with Crippen LogP contribution < -0.4 is 5.32 Å². The van der Waals surface area contributed by atoms with Gasteiger partial charge in [-0.1, -0.05) is 20.8 Å². The van der Waals surface area contributed by atoms with Gasteiger partial charge in [-0.25, -0.2) is 9.97 Å². The Balaban J connectivity index is 3.06. The maximum atomic E-state index is 4.57. The first kappa shape index (κ1) is 13.3. The minimum atomic E-state index is 0.454. The molecule has 0 aromatic carbocycles. The van der Waals surface area contributed by atoms with Crippen LogP contribution in [-0.4, -0.2) is 22.8 Å². The molecule has 4 heteroatoms. The maximum absolute atomic E-state index is 4.57. The van der Waals surface area contributed by atoms with Crippen LogP contribution in [0.1, 0.15) is 43.8 Å². The number of aromatic nitrogens is 2. The average Bonchev–Trinajstić information content (AvgIpc) is 2.24. The lowest BCUT2D eigenvalue weighted by Crippen LogP contribution is -2.08. The van der Waals surface area contributed by atoms with Crippen LogP contribution in [0.25, 0.3) is 0 Å². The normalized spacial score (nSPS) is 10.9. The Labute approximate surface area is 102 Å². The van der Waals surface area contributed by atoms with Crippen molar-refractivity contribution in [3.8, 4) is 0 Å². The molecule has 0 aliphatic heterocycles. The third kappa shape index (κ3) is 3.11. The zero-order valence-electron chi connectivity index (χ0n) is 10.8. The quantitative estimate of drug-likeness (QED) is 0.856. The van der Waals surface area contributed by atoms with Crippen molar-refractivity contribution in [1.82, 2.24) is 9.97 Å². The molecule has 1 rings (SSSR count). The summed E-state index contributed by atoms with van der Waals surface area (Å²) in [5.74, 6) is 4.36. The standard InChI is InChI=1S/C12H21N3S/c1-6-16-7-10-14-9(4)11(8(2)3)12(13-5)15-10/h8H,6-7H2,1-5H3,(H,13,14,15). The minimum Gasteiger partial charge on any atom is -0.373 e. The van der Waals surface area contributed by atoms with Gasteiger partial charge in [-0.3, -0.25) is 0 Å².